The molecule has 0 spiro atoms. The van der Waals surface area contributed by atoms with Gasteiger partial charge in [0.05, 0.1) is 0 Å². The predicted molar refractivity (Wildman–Crippen MR) is 58.1 cm³/mol. The average molecular weight is 196 g/mol. The lowest BCUT2D eigenvalue weighted by Crippen LogP contribution is -2.28. The highest BCUT2D eigenvalue weighted by Gasteiger charge is 2.26. The quantitative estimate of drug-likeness (QED) is 0.612. The van der Waals surface area contributed by atoms with Gasteiger partial charge in [-0.3, -0.25) is 4.79 Å². The minimum atomic E-state index is 0.286. The Morgan fingerprint density at radius 1 is 1.64 bits per heavy atom. The Morgan fingerprint density at radius 3 is 2.86 bits per heavy atom. The summed E-state index contributed by atoms with van der Waals surface area (Å²) in [5.41, 5.74) is 0. The fourth-order valence-electron chi connectivity index (χ4n) is 1.75. The van der Waals surface area contributed by atoms with Crippen molar-refractivity contribution in [3.8, 4) is 0 Å². The van der Waals surface area contributed by atoms with Crippen LogP contribution in [0, 0.1) is 5.92 Å². The van der Waals surface area contributed by atoms with Gasteiger partial charge >= 0.3 is 0 Å². The van der Waals surface area contributed by atoms with E-state index in [1.807, 2.05) is 11.0 Å². The highest BCUT2D eigenvalue weighted by Crippen LogP contribution is 2.18. The Hall–Kier alpha value is -0.830. The molecule has 1 aliphatic rings. The Bertz CT molecular complexity index is 213. The van der Waals surface area contributed by atoms with E-state index in [1.54, 1.807) is 0 Å². The van der Waals surface area contributed by atoms with E-state index in [1.165, 1.54) is 0 Å². The zero-order valence-electron chi connectivity index (χ0n) is 9.20. The lowest BCUT2D eigenvalue weighted by molar-refractivity contribution is -0.127. The van der Waals surface area contributed by atoms with Crippen molar-refractivity contribution in [3.63, 3.8) is 0 Å². The van der Waals surface area contributed by atoms with Crippen LogP contribution >= 0.6 is 0 Å². The molecule has 1 saturated heterocycles. The van der Waals surface area contributed by atoms with Gasteiger partial charge in [-0.2, -0.15) is 0 Å². The monoisotopic (exact) mass is 196 g/mol. The molecule has 1 aliphatic heterocycles. The van der Waals surface area contributed by atoms with E-state index >= 15 is 0 Å². The molecule has 0 aromatic carbocycles. The zero-order valence-corrected chi connectivity index (χ0v) is 9.20. The molecule has 1 fully saturated rings. The standard InChI is InChI=1S/C11H20N2O/c1-4-10-8-11(14)13(9-10)7-5-6-12(2)3/h4,10H,1,5-9H2,2-3H3. The molecule has 0 radical (unpaired) electrons. The van der Waals surface area contributed by atoms with Gasteiger partial charge in [0.2, 0.25) is 5.91 Å². The van der Waals surface area contributed by atoms with Gasteiger partial charge in [-0.05, 0) is 27.1 Å². The van der Waals surface area contributed by atoms with Crippen molar-refractivity contribution in [1.82, 2.24) is 9.80 Å². The molecule has 0 aromatic rings. The Morgan fingerprint density at radius 2 is 2.36 bits per heavy atom. The SMILES string of the molecule is C=CC1CC(=O)N(CCCN(C)C)C1. The maximum absolute atomic E-state index is 11.5. The fourth-order valence-corrected chi connectivity index (χ4v) is 1.75. The highest BCUT2D eigenvalue weighted by molar-refractivity contribution is 5.78. The second kappa shape index (κ2) is 5.15. The minimum Gasteiger partial charge on any atom is -0.342 e. The van der Waals surface area contributed by atoms with Crippen LogP contribution in [-0.2, 0) is 4.79 Å². The molecule has 14 heavy (non-hydrogen) atoms. The van der Waals surface area contributed by atoms with Crippen molar-refractivity contribution in [3.05, 3.63) is 12.7 Å². The first-order valence-electron chi connectivity index (χ1n) is 5.18. The van der Waals surface area contributed by atoms with Crippen LogP contribution in [0.5, 0.6) is 0 Å². The van der Waals surface area contributed by atoms with Gasteiger partial charge in [-0.15, -0.1) is 6.58 Å². The van der Waals surface area contributed by atoms with Crippen LogP contribution in [0.4, 0.5) is 0 Å². The minimum absolute atomic E-state index is 0.286. The maximum atomic E-state index is 11.5. The van der Waals surface area contributed by atoms with Crippen LogP contribution in [0.15, 0.2) is 12.7 Å². The number of likely N-dealkylation sites (tertiary alicyclic amines) is 1. The van der Waals surface area contributed by atoms with Crippen molar-refractivity contribution in [1.29, 1.82) is 0 Å². The van der Waals surface area contributed by atoms with E-state index in [0.717, 1.165) is 26.1 Å². The lowest BCUT2D eigenvalue weighted by atomic mass is 10.1. The summed E-state index contributed by atoms with van der Waals surface area (Å²) in [6, 6.07) is 0. The van der Waals surface area contributed by atoms with Gasteiger partial charge in [-0.1, -0.05) is 6.08 Å². The molecule has 1 heterocycles. The van der Waals surface area contributed by atoms with Crippen LogP contribution in [0.3, 0.4) is 0 Å². The fraction of sp³-hybridized carbons (Fsp3) is 0.727. The first-order valence-corrected chi connectivity index (χ1v) is 5.18. The van der Waals surface area contributed by atoms with Crippen molar-refractivity contribution >= 4 is 5.91 Å². The van der Waals surface area contributed by atoms with E-state index in [0.29, 0.717) is 12.3 Å². The van der Waals surface area contributed by atoms with Crippen LogP contribution in [0.25, 0.3) is 0 Å². The molecule has 3 heteroatoms. The number of carbonyl (C=O) groups excluding carboxylic acids is 1. The van der Waals surface area contributed by atoms with E-state index in [9.17, 15) is 4.79 Å². The summed E-state index contributed by atoms with van der Waals surface area (Å²) in [6.07, 6.45) is 3.61. The van der Waals surface area contributed by atoms with Gasteiger partial charge in [0.25, 0.3) is 0 Å². The third kappa shape index (κ3) is 3.14. The summed E-state index contributed by atoms with van der Waals surface area (Å²) < 4.78 is 0. The first-order chi connectivity index (χ1) is 6.63. The molecule has 0 bridgehead atoms. The number of rotatable bonds is 5. The summed E-state index contributed by atoms with van der Waals surface area (Å²) in [7, 11) is 4.11. The van der Waals surface area contributed by atoms with Gasteiger partial charge in [0, 0.05) is 25.4 Å². The van der Waals surface area contributed by atoms with Gasteiger partial charge < -0.3 is 9.80 Å². The Kier molecular flexibility index (Phi) is 4.14. The van der Waals surface area contributed by atoms with Crippen LogP contribution in [0.1, 0.15) is 12.8 Å². The Balaban J connectivity index is 2.25. The van der Waals surface area contributed by atoms with Crippen LogP contribution in [-0.4, -0.2) is 49.4 Å². The van der Waals surface area contributed by atoms with E-state index in [-0.39, 0.29) is 5.91 Å². The molecule has 80 valence electrons. The third-order valence-electron chi connectivity index (χ3n) is 2.61. The molecular weight excluding hydrogens is 176 g/mol. The lowest BCUT2D eigenvalue weighted by Gasteiger charge is -2.17. The highest BCUT2D eigenvalue weighted by atomic mass is 16.2. The molecule has 0 aliphatic carbocycles. The Labute approximate surface area is 86.4 Å². The molecule has 1 rings (SSSR count). The predicted octanol–water partition coefficient (Wildman–Crippen LogP) is 0.973. The second-order valence-corrected chi connectivity index (χ2v) is 4.20. The number of nitrogens with zero attached hydrogens (tertiary/aromatic N) is 2. The average Bonchev–Trinajstić information content (AvgIpc) is 2.47. The molecule has 1 atom stereocenters. The van der Waals surface area contributed by atoms with Gasteiger partial charge in [0.1, 0.15) is 0 Å². The second-order valence-electron chi connectivity index (χ2n) is 4.20. The number of hydrogen-bond acceptors (Lipinski definition) is 2. The molecule has 0 aromatic heterocycles. The van der Waals surface area contributed by atoms with E-state index < -0.39 is 0 Å². The van der Waals surface area contributed by atoms with Crippen molar-refractivity contribution < 1.29 is 4.79 Å². The van der Waals surface area contributed by atoms with Crippen molar-refractivity contribution in [2.45, 2.75) is 12.8 Å². The molecule has 1 unspecified atom stereocenters. The zero-order chi connectivity index (χ0) is 10.6. The first kappa shape index (κ1) is 11.2. The largest absolute Gasteiger partial charge is 0.342 e. The maximum Gasteiger partial charge on any atom is 0.223 e. The molecular formula is C11H20N2O. The molecule has 3 nitrogen and oxygen atoms in total. The summed E-state index contributed by atoms with van der Waals surface area (Å²) >= 11 is 0. The van der Waals surface area contributed by atoms with Gasteiger partial charge in [-0.25, -0.2) is 0 Å². The molecule has 0 saturated carbocycles. The van der Waals surface area contributed by atoms with Crippen LogP contribution in [0.2, 0.25) is 0 Å². The smallest absolute Gasteiger partial charge is 0.223 e. The third-order valence-corrected chi connectivity index (χ3v) is 2.61. The van der Waals surface area contributed by atoms with E-state index in [4.69, 9.17) is 0 Å². The number of amides is 1. The summed E-state index contributed by atoms with van der Waals surface area (Å²) in [5, 5.41) is 0. The van der Waals surface area contributed by atoms with Crippen LogP contribution < -0.4 is 0 Å². The topological polar surface area (TPSA) is 23.6 Å². The molecule has 1 amide bonds. The molecule has 0 N–H and O–H groups in total. The summed E-state index contributed by atoms with van der Waals surface area (Å²) in [6.45, 7) is 6.54. The summed E-state index contributed by atoms with van der Waals surface area (Å²) in [5.74, 6) is 0.663. The van der Waals surface area contributed by atoms with Gasteiger partial charge in [0.15, 0.2) is 0 Å². The summed E-state index contributed by atoms with van der Waals surface area (Å²) in [4.78, 5) is 15.6. The normalized spacial score (nSPS) is 22.1. The number of hydrogen-bond donors (Lipinski definition) is 0. The number of carbonyl (C=O) groups is 1. The van der Waals surface area contributed by atoms with E-state index in [2.05, 4.69) is 25.6 Å². The van der Waals surface area contributed by atoms with Crippen molar-refractivity contribution in [2.24, 2.45) is 5.92 Å². The van der Waals surface area contributed by atoms with Crippen molar-refractivity contribution in [2.75, 3.05) is 33.7 Å².